The third-order valence-corrected chi connectivity index (χ3v) is 2.03. The van der Waals surface area contributed by atoms with Crippen LogP contribution >= 0.6 is 0 Å². The second-order valence-electron chi connectivity index (χ2n) is 3.50. The van der Waals surface area contributed by atoms with Gasteiger partial charge in [-0.25, -0.2) is 4.68 Å². The van der Waals surface area contributed by atoms with Crippen molar-refractivity contribution in [3.05, 3.63) is 22.6 Å². The highest BCUT2D eigenvalue weighted by Gasteiger charge is 2.00. The first-order valence-corrected chi connectivity index (χ1v) is 5.75. The molecule has 0 saturated carbocycles. The number of rotatable bonds is 8. The quantitative estimate of drug-likeness (QED) is 0.648. The van der Waals surface area contributed by atoms with Crippen molar-refractivity contribution in [1.82, 2.24) is 9.78 Å². The van der Waals surface area contributed by atoms with Gasteiger partial charge in [-0.05, 0) is 6.42 Å². The Hall–Kier alpha value is -1.40. The van der Waals surface area contributed by atoms with Gasteiger partial charge in [0, 0.05) is 19.2 Å². The van der Waals surface area contributed by atoms with E-state index in [2.05, 4.69) is 5.10 Å². The maximum absolute atomic E-state index is 11.6. The molecule has 1 aromatic heterocycles. The fourth-order valence-corrected chi connectivity index (χ4v) is 1.24. The van der Waals surface area contributed by atoms with E-state index < -0.39 is 0 Å². The number of nitrogens with two attached hydrogens (primary N) is 1. The Labute approximate surface area is 100 Å². The Morgan fingerprint density at radius 1 is 1.41 bits per heavy atom. The first kappa shape index (κ1) is 13.7. The van der Waals surface area contributed by atoms with Crippen LogP contribution in [-0.2, 0) is 11.3 Å². The molecule has 0 bridgehead atoms. The molecule has 0 fully saturated rings. The molecule has 2 N–H and O–H groups in total. The lowest BCUT2D eigenvalue weighted by Crippen LogP contribution is -2.24. The highest BCUT2D eigenvalue weighted by atomic mass is 16.5. The van der Waals surface area contributed by atoms with Crippen LogP contribution in [0.25, 0.3) is 0 Å². The van der Waals surface area contributed by atoms with Crippen LogP contribution in [0.3, 0.4) is 0 Å². The molecule has 0 aromatic carbocycles. The Kier molecular flexibility index (Phi) is 6.27. The molecule has 17 heavy (non-hydrogen) atoms. The van der Waals surface area contributed by atoms with E-state index in [0.717, 1.165) is 6.42 Å². The zero-order valence-corrected chi connectivity index (χ0v) is 10.1. The van der Waals surface area contributed by atoms with Gasteiger partial charge >= 0.3 is 0 Å². The summed E-state index contributed by atoms with van der Waals surface area (Å²) in [5.41, 5.74) is 5.10. The van der Waals surface area contributed by atoms with E-state index in [9.17, 15) is 4.79 Å². The predicted molar refractivity (Wildman–Crippen MR) is 64.2 cm³/mol. The Morgan fingerprint density at radius 3 is 2.88 bits per heavy atom. The van der Waals surface area contributed by atoms with E-state index in [4.69, 9.17) is 15.2 Å². The summed E-state index contributed by atoms with van der Waals surface area (Å²) < 4.78 is 11.8. The minimum Gasteiger partial charge on any atom is -0.490 e. The first-order chi connectivity index (χ1) is 8.27. The zero-order valence-electron chi connectivity index (χ0n) is 10.1. The van der Waals surface area contributed by atoms with E-state index >= 15 is 0 Å². The highest BCUT2D eigenvalue weighted by molar-refractivity contribution is 5.13. The zero-order chi connectivity index (χ0) is 12.5. The maximum atomic E-state index is 11.6. The van der Waals surface area contributed by atoms with Gasteiger partial charge in [-0.3, -0.25) is 4.79 Å². The van der Waals surface area contributed by atoms with Gasteiger partial charge in [-0.15, -0.1) is 0 Å². The largest absolute Gasteiger partial charge is 0.490 e. The van der Waals surface area contributed by atoms with Crippen molar-refractivity contribution in [2.45, 2.75) is 19.9 Å². The van der Waals surface area contributed by atoms with Gasteiger partial charge in [-0.1, -0.05) is 6.92 Å². The third kappa shape index (κ3) is 4.97. The SMILES string of the molecule is CCCOCCn1ncc(OCCN)cc1=O. The van der Waals surface area contributed by atoms with Gasteiger partial charge in [0.05, 0.1) is 19.3 Å². The van der Waals surface area contributed by atoms with Crippen molar-refractivity contribution in [1.29, 1.82) is 0 Å². The first-order valence-electron chi connectivity index (χ1n) is 5.75. The standard InChI is InChI=1S/C11H19N3O3/c1-2-5-16-7-4-14-11(15)8-10(9-13-14)17-6-3-12/h8-9H,2-7,12H2,1H3. The normalized spacial score (nSPS) is 10.5. The molecule has 1 aromatic rings. The van der Waals surface area contributed by atoms with Crippen LogP contribution in [0, 0.1) is 0 Å². The summed E-state index contributed by atoms with van der Waals surface area (Å²) in [5, 5.41) is 3.99. The van der Waals surface area contributed by atoms with Crippen molar-refractivity contribution in [3.63, 3.8) is 0 Å². The minimum atomic E-state index is -0.195. The Morgan fingerprint density at radius 2 is 2.24 bits per heavy atom. The molecule has 6 heteroatoms. The molecule has 0 aliphatic rings. The molecule has 0 aliphatic heterocycles. The fourth-order valence-electron chi connectivity index (χ4n) is 1.24. The summed E-state index contributed by atoms with van der Waals surface area (Å²) in [7, 11) is 0. The second kappa shape index (κ2) is 7.81. The third-order valence-electron chi connectivity index (χ3n) is 2.03. The molecule has 0 atom stereocenters. The number of hydrogen-bond acceptors (Lipinski definition) is 5. The Balaban J connectivity index is 2.48. The number of ether oxygens (including phenoxy) is 2. The lowest BCUT2D eigenvalue weighted by atomic mass is 10.5. The molecule has 0 aliphatic carbocycles. The summed E-state index contributed by atoms with van der Waals surface area (Å²) in [6.07, 6.45) is 2.48. The van der Waals surface area contributed by atoms with Crippen LogP contribution in [0.15, 0.2) is 17.1 Å². The number of aromatic nitrogens is 2. The molecular weight excluding hydrogens is 222 g/mol. The molecule has 96 valence electrons. The summed E-state index contributed by atoms with van der Waals surface area (Å²) >= 11 is 0. The number of nitrogens with zero attached hydrogens (tertiary/aromatic N) is 2. The maximum Gasteiger partial charge on any atom is 0.270 e. The van der Waals surface area contributed by atoms with Gasteiger partial charge in [0.25, 0.3) is 5.56 Å². The van der Waals surface area contributed by atoms with Gasteiger partial charge in [0.15, 0.2) is 0 Å². The smallest absolute Gasteiger partial charge is 0.270 e. The summed E-state index contributed by atoms with van der Waals surface area (Å²) in [6.45, 7) is 4.47. The molecule has 0 unspecified atom stereocenters. The topological polar surface area (TPSA) is 79.4 Å². The van der Waals surface area contributed by atoms with Crippen molar-refractivity contribution in [3.8, 4) is 5.75 Å². The van der Waals surface area contributed by atoms with Crippen LogP contribution in [0.2, 0.25) is 0 Å². The average molecular weight is 241 g/mol. The molecule has 0 radical (unpaired) electrons. The molecule has 1 heterocycles. The van der Waals surface area contributed by atoms with Crippen LogP contribution < -0.4 is 16.0 Å². The molecular formula is C11H19N3O3. The summed E-state index contributed by atoms with van der Waals surface area (Å²) in [4.78, 5) is 11.6. The van der Waals surface area contributed by atoms with E-state index in [0.29, 0.717) is 38.7 Å². The van der Waals surface area contributed by atoms with Gasteiger partial charge in [0.2, 0.25) is 0 Å². The molecule has 6 nitrogen and oxygen atoms in total. The molecule has 0 amide bonds. The van der Waals surface area contributed by atoms with Crippen LogP contribution in [-0.4, -0.2) is 36.1 Å². The second-order valence-corrected chi connectivity index (χ2v) is 3.50. The summed E-state index contributed by atoms with van der Waals surface area (Å²) in [6, 6.07) is 1.41. The predicted octanol–water partition coefficient (Wildman–Crippen LogP) is 0.00740. The van der Waals surface area contributed by atoms with E-state index in [1.807, 2.05) is 6.92 Å². The number of hydrogen-bond donors (Lipinski definition) is 1. The van der Waals surface area contributed by atoms with E-state index in [1.54, 1.807) is 0 Å². The molecule has 0 saturated heterocycles. The van der Waals surface area contributed by atoms with Crippen molar-refractivity contribution < 1.29 is 9.47 Å². The highest BCUT2D eigenvalue weighted by Crippen LogP contribution is 2.02. The van der Waals surface area contributed by atoms with Gasteiger partial charge < -0.3 is 15.2 Å². The van der Waals surface area contributed by atoms with Crippen molar-refractivity contribution in [2.24, 2.45) is 5.73 Å². The van der Waals surface area contributed by atoms with E-state index in [-0.39, 0.29) is 5.56 Å². The van der Waals surface area contributed by atoms with Gasteiger partial charge in [-0.2, -0.15) is 5.10 Å². The van der Waals surface area contributed by atoms with Crippen molar-refractivity contribution in [2.75, 3.05) is 26.4 Å². The lowest BCUT2D eigenvalue weighted by Gasteiger charge is -2.07. The lowest BCUT2D eigenvalue weighted by molar-refractivity contribution is 0.123. The van der Waals surface area contributed by atoms with Crippen LogP contribution in [0.5, 0.6) is 5.75 Å². The minimum absolute atomic E-state index is 0.195. The molecule has 1 rings (SSSR count). The van der Waals surface area contributed by atoms with E-state index in [1.165, 1.54) is 16.9 Å². The summed E-state index contributed by atoms with van der Waals surface area (Å²) in [5.74, 6) is 0.450. The van der Waals surface area contributed by atoms with Crippen LogP contribution in [0.4, 0.5) is 0 Å². The Bertz CT molecular complexity index is 378. The fraction of sp³-hybridized carbons (Fsp3) is 0.636. The van der Waals surface area contributed by atoms with Crippen LogP contribution in [0.1, 0.15) is 13.3 Å². The van der Waals surface area contributed by atoms with Gasteiger partial charge in [0.1, 0.15) is 12.4 Å². The molecule has 0 spiro atoms. The average Bonchev–Trinajstić information content (AvgIpc) is 2.34. The monoisotopic (exact) mass is 241 g/mol. The van der Waals surface area contributed by atoms with Crippen molar-refractivity contribution >= 4 is 0 Å².